The summed E-state index contributed by atoms with van der Waals surface area (Å²) in [6.07, 6.45) is 0.810. The molecule has 0 unspecified atom stereocenters. The van der Waals surface area contributed by atoms with E-state index in [0.29, 0.717) is 32.7 Å². The zero-order valence-electron chi connectivity index (χ0n) is 11.9. The van der Waals surface area contributed by atoms with Crippen LogP contribution >= 0.6 is 11.3 Å². The van der Waals surface area contributed by atoms with Crippen LogP contribution in [0.2, 0.25) is 0 Å². The molecular weight excluding hydrogens is 310 g/mol. The zero-order valence-corrected chi connectivity index (χ0v) is 13.5. The molecule has 21 heavy (non-hydrogen) atoms. The van der Waals surface area contributed by atoms with Crippen molar-refractivity contribution in [2.75, 3.05) is 38.5 Å². The van der Waals surface area contributed by atoms with Gasteiger partial charge in [-0.05, 0) is 17.9 Å². The van der Waals surface area contributed by atoms with E-state index in [1.54, 1.807) is 11.3 Å². The highest BCUT2D eigenvalue weighted by Gasteiger charge is 2.24. The molecule has 1 aromatic rings. The number of piperazine rings is 1. The van der Waals surface area contributed by atoms with E-state index in [-0.39, 0.29) is 18.1 Å². The number of sulfonamides is 1. The van der Waals surface area contributed by atoms with Gasteiger partial charge < -0.3 is 10.6 Å². The van der Waals surface area contributed by atoms with Crippen LogP contribution in [0.25, 0.3) is 0 Å². The number of hydrogen-bond acceptors (Lipinski definition) is 5. The molecule has 0 atom stereocenters. The molecule has 1 aliphatic heterocycles. The van der Waals surface area contributed by atoms with Crippen molar-refractivity contribution in [2.24, 2.45) is 0 Å². The first kappa shape index (κ1) is 16.4. The van der Waals surface area contributed by atoms with Crippen molar-refractivity contribution in [1.82, 2.24) is 14.9 Å². The molecule has 0 spiro atoms. The molecule has 0 aliphatic carbocycles. The summed E-state index contributed by atoms with van der Waals surface area (Å²) in [5.41, 5.74) is 0. The molecule has 0 radical (unpaired) electrons. The van der Waals surface area contributed by atoms with Crippen molar-refractivity contribution < 1.29 is 13.2 Å². The molecule has 2 N–H and O–H groups in total. The molecule has 1 fully saturated rings. The Morgan fingerprint density at radius 3 is 2.81 bits per heavy atom. The largest absolute Gasteiger partial charge is 0.356 e. The van der Waals surface area contributed by atoms with E-state index in [9.17, 15) is 13.2 Å². The van der Waals surface area contributed by atoms with Gasteiger partial charge in [0.2, 0.25) is 15.9 Å². The third kappa shape index (κ3) is 5.39. The third-order valence-electron chi connectivity index (χ3n) is 3.33. The van der Waals surface area contributed by atoms with Gasteiger partial charge >= 0.3 is 0 Å². The Labute approximate surface area is 129 Å². The summed E-state index contributed by atoms with van der Waals surface area (Å²) in [6.45, 7) is 2.87. The number of nitrogens with one attached hydrogen (secondary N) is 2. The molecule has 6 nitrogen and oxygen atoms in total. The molecule has 8 heteroatoms. The van der Waals surface area contributed by atoms with Crippen LogP contribution in [0, 0.1) is 0 Å². The molecule has 0 bridgehead atoms. The second kappa shape index (κ2) is 7.88. The highest BCUT2D eigenvalue weighted by molar-refractivity contribution is 7.89. The Morgan fingerprint density at radius 1 is 1.38 bits per heavy atom. The summed E-state index contributed by atoms with van der Waals surface area (Å²) in [4.78, 5) is 12.9. The first-order chi connectivity index (χ1) is 10.1. The predicted octanol–water partition coefficient (Wildman–Crippen LogP) is 0.0319. The van der Waals surface area contributed by atoms with Crippen molar-refractivity contribution >= 4 is 27.3 Å². The normalized spacial score (nSPS) is 16.8. The van der Waals surface area contributed by atoms with Gasteiger partial charge in [0.05, 0.1) is 5.75 Å². The van der Waals surface area contributed by atoms with Crippen LogP contribution in [0.15, 0.2) is 17.5 Å². The molecule has 1 aliphatic rings. The Bertz CT molecular complexity index is 537. The summed E-state index contributed by atoms with van der Waals surface area (Å²) in [5, 5.41) is 7.87. The molecule has 0 aromatic carbocycles. The van der Waals surface area contributed by atoms with E-state index in [1.807, 2.05) is 17.5 Å². The molecule has 1 amide bonds. The van der Waals surface area contributed by atoms with Crippen molar-refractivity contribution in [3.8, 4) is 0 Å². The average Bonchev–Trinajstić information content (AvgIpc) is 2.99. The van der Waals surface area contributed by atoms with Gasteiger partial charge in [-0.25, -0.2) is 8.42 Å². The van der Waals surface area contributed by atoms with Crippen molar-refractivity contribution in [2.45, 2.75) is 12.8 Å². The fraction of sp³-hybridized carbons (Fsp3) is 0.615. The number of carbonyl (C=O) groups is 1. The number of hydrogen-bond donors (Lipinski definition) is 2. The third-order valence-corrected chi connectivity index (χ3v) is 6.14. The van der Waals surface area contributed by atoms with Crippen LogP contribution in [-0.4, -0.2) is 57.1 Å². The number of nitrogens with zero attached hydrogens (tertiary/aromatic N) is 1. The lowest BCUT2D eigenvalue weighted by Crippen LogP contribution is -2.47. The van der Waals surface area contributed by atoms with E-state index < -0.39 is 10.0 Å². The molecule has 2 heterocycles. The fourth-order valence-electron chi connectivity index (χ4n) is 2.14. The Kier molecular flexibility index (Phi) is 6.16. The molecule has 2 rings (SSSR count). The molecule has 118 valence electrons. The zero-order chi connectivity index (χ0) is 15.1. The van der Waals surface area contributed by atoms with Gasteiger partial charge in [0, 0.05) is 44.0 Å². The number of amides is 1. The van der Waals surface area contributed by atoms with Crippen molar-refractivity contribution in [1.29, 1.82) is 0 Å². The lowest BCUT2D eigenvalue weighted by molar-refractivity contribution is -0.120. The minimum Gasteiger partial charge on any atom is -0.356 e. The Morgan fingerprint density at radius 2 is 2.14 bits per heavy atom. The standard InChI is InChI=1S/C13H21N3O3S2/c17-13(15-5-3-12-2-1-10-20-12)4-11-21(18,19)16-8-6-14-7-9-16/h1-2,10,14H,3-9,11H2,(H,15,17). The summed E-state index contributed by atoms with van der Waals surface area (Å²) in [7, 11) is -3.31. The van der Waals surface area contributed by atoms with Crippen LogP contribution in [0.3, 0.4) is 0 Å². The molecular formula is C13H21N3O3S2. The molecule has 1 aromatic heterocycles. The Balaban J connectivity index is 1.67. The maximum absolute atomic E-state index is 12.1. The highest BCUT2D eigenvalue weighted by Crippen LogP contribution is 2.08. The first-order valence-electron chi connectivity index (χ1n) is 7.05. The van der Waals surface area contributed by atoms with Crippen LogP contribution in [0.5, 0.6) is 0 Å². The monoisotopic (exact) mass is 331 g/mol. The van der Waals surface area contributed by atoms with Crippen LogP contribution in [0.4, 0.5) is 0 Å². The topological polar surface area (TPSA) is 78.5 Å². The smallest absolute Gasteiger partial charge is 0.221 e. The molecule has 1 saturated heterocycles. The second-order valence-electron chi connectivity index (χ2n) is 4.89. The fourth-order valence-corrected chi connectivity index (χ4v) is 4.29. The van der Waals surface area contributed by atoms with E-state index >= 15 is 0 Å². The quantitative estimate of drug-likeness (QED) is 0.739. The minimum absolute atomic E-state index is 0.0245. The SMILES string of the molecule is O=C(CCS(=O)(=O)N1CCNCC1)NCCc1cccs1. The summed E-state index contributed by atoms with van der Waals surface area (Å²) in [6, 6.07) is 3.99. The summed E-state index contributed by atoms with van der Waals surface area (Å²) >= 11 is 1.65. The highest BCUT2D eigenvalue weighted by atomic mass is 32.2. The Hall–Kier alpha value is -0.960. The maximum Gasteiger partial charge on any atom is 0.221 e. The summed E-state index contributed by atoms with van der Waals surface area (Å²) in [5.74, 6) is -0.317. The van der Waals surface area contributed by atoms with E-state index in [1.165, 1.54) is 9.18 Å². The first-order valence-corrected chi connectivity index (χ1v) is 9.54. The number of rotatable bonds is 7. The minimum atomic E-state index is -3.31. The number of carbonyl (C=O) groups excluding carboxylic acids is 1. The van der Waals surface area contributed by atoms with E-state index in [2.05, 4.69) is 10.6 Å². The average molecular weight is 331 g/mol. The van der Waals surface area contributed by atoms with Gasteiger partial charge in [-0.2, -0.15) is 4.31 Å². The van der Waals surface area contributed by atoms with Gasteiger partial charge in [0.1, 0.15) is 0 Å². The van der Waals surface area contributed by atoms with Crippen LogP contribution in [-0.2, 0) is 21.2 Å². The van der Waals surface area contributed by atoms with Gasteiger partial charge in [-0.15, -0.1) is 11.3 Å². The number of thiophene rings is 1. The van der Waals surface area contributed by atoms with Crippen LogP contribution in [0.1, 0.15) is 11.3 Å². The molecule has 0 saturated carbocycles. The van der Waals surface area contributed by atoms with E-state index in [4.69, 9.17) is 0 Å². The van der Waals surface area contributed by atoms with Crippen LogP contribution < -0.4 is 10.6 Å². The van der Waals surface area contributed by atoms with Crippen molar-refractivity contribution in [3.63, 3.8) is 0 Å². The maximum atomic E-state index is 12.1. The van der Waals surface area contributed by atoms with Gasteiger partial charge in [0.15, 0.2) is 0 Å². The lowest BCUT2D eigenvalue weighted by atomic mass is 10.3. The van der Waals surface area contributed by atoms with Gasteiger partial charge in [-0.1, -0.05) is 6.07 Å². The predicted molar refractivity (Wildman–Crippen MR) is 83.9 cm³/mol. The lowest BCUT2D eigenvalue weighted by Gasteiger charge is -2.26. The van der Waals surface area contributed by atoms with Crippen molar-refractivity contribution in [3.05, 3.63) is 22.4 Å². The second-order valence-corrected chi connectivity index (χ2v) is 8.02. The summed E-state index contributed by atoms with van der Waals surface area (Å²) < 4.78 is 25.6. The van der Waals surface area contributed by atoms with Gasteiger partial charge in [-0.3, -0.25) is 4.79 Å². The van der Waals surface area contributed by atoms with E-state index in [0.717, 1.165) is 6.42 Å². The van der Waals surface area contributed by atoms with Gasteiger partial charge in [0.25, 0.3) is 0 Å².